The first-order valence-corrected chi connectivity index (χ1v) is 7.31. The van der Waals surface area contributed by atoms with Crippen LogP contribution in [0, 0.1) is 11.7 Å². The van der Waals surface area contributed by atoms with Crippen LogP contribution >= 0.6 is 0 Å². The van der Waals surface area contributed by atoms with Gasteiger partial charge in [0.15, 0.2) is 0 Å². The number of carbonyl (C=O) groups excluding carboxylic acids is 2. The lowest BCUT2D eigenvalue weighted by atomic mass is 9.93. The summed E-state index contributed by atoms with van der Waals surface area (Å²) in [5.41, 5.74) is 2.67. The van der Waals surface area contributed by atoms with E-state index in [1.54, 1.807) is 36.4 Å². The fourth-order valence-electron chi connectivity index (χ4n) is 2.57. The topological polar surface area (TPSA) is 49.7 Å². The van der Waals surface area contributed by atoms with E-state index >= 15 is 0 Å². The molecule has 1 atom stereocenters. The maximum atomic E-state index is 13.1. The number of hydrazone groups is 1. The highest BCUT2D eigenvalue weighted by molar-refractivity contribution is 6.10. The van der Waals surface area contributed by atoms with Gasteiger partial charge < -0.3 is 0 Å². The van der Waals surface area contributed by atoms with Gasteiger partial charge in [0, 0.05) is 17.9 Å². The van der Waals surface area contributed by atoms with Gasteiger partial charge in [0.2, 0.25) is 5.91 Å². The molecule has 1 heterocycles. The molecule has 0 bridgehead atoms. The second-order valence-corrected chi connectivity index (χ2v) is 5.51. The number of nitrogens with zero attached hydrogens (tertiary/aromatic N) is 2. The Kier molecular flexibility index (Phi) is 4.02. The lowest BCUT2D eigenvalue weighted by Gasteiger charge is -2.27. The number of anilines is 1. The highest BCUT2D eigenvalue weighted by Gasteiger charge is 2.28. The molecular weight excluding hydrogens is 295 g/mol. The Morgan fingerprint density at radius 1 is 1.13 bits per heavy atom. The van der Waals surface area contributed by atoms with Crippen LogP contribution in [0.1, 0.15) is 29.3 Å². The van der Waals surface area contributed by atoms with Crippen LogP contribution in [-0.2, 0) is 4.79 Å². The van der Waals surface area contributed by atoms with Crippen LogP contribution in [0.25, 0.3) is 0 Å². The number of halogens is 1. The average molecular weight is 310 g/mol. The summed E-state index contributed by atoms with van der Waals surface area (Å²) in [5.74, 6) is -0.462. The van der Waals surface area contributed by atoms with Crippen molar-refractivity contribution in [1.82, 2.24) is 0 Å². The van der Waals surface area contributed by atoms with Crippen molar-refractivity contribution in [2.75, 3.05) is 5.01 Å². The van der Waals surface area contributed by atoms with E-state index in [4.69, 9.17) is 0 Å². The van der Waals surface area contributed by atoms with Gasteiger partial charge in [-0.2, -0.15) is 5.10 Å². The van der Waals surface area contributed by atoms with Crippen LogP contribution in [0.2, 0.25) is 0 Å². The first-order valence-electron chi connectivity index (χ1n) is 7.31. The SMILES string of the molecule is CC1CC(=O)N(c2ccc(C=O)cc2)N=C1c1ccc(F)cc1. The highest BCUT2D eigenvalue weighted by atomic mass is 19.1. The van der Waals surface area contributed by atoms with E-state index in [2.05, 4.69) is 5.10 Å². The van der Waals surface area contributed by atoms with E-state index in [1.165, 1.54) is 17.1 Å². The average Bonchev–Trinajstić information content (AvgIpc) is 2.56. The summed E-state index contributed by atoms with van der Waals surface area (Å²) in [6, 6.07) is 12.7. The zero-order valence-corrected chi connectivity index (χ0v) is 12.6. The van der Waals surface area contributed by atoms with E-state index < -0.39 is 0 Å². The van der Waals surface area contributed by atoms with Crippen molar-refractivity contribution in [3.8, 4) is 0 Å². The third-order valence-electron chi connectivity index (χ3n) is 3.81. The number of hydrogen-bond acceptors (Lipinski definition) is 3. The summed E-state index contributed by atoms with van der Waals surface area (Å²) in [4.78, 5) is 23.0. The molecule has 1 amide bonds. The van der Waals surface area contributed by atoms with E-state index in [-0.39, 0.29) is 17.6 Å². The van der Waals surface area contributed by atoms with Gasteiger partial charge in [-0.3, -0.25) is 9.59 Å². The highest BCUT2D eigenvalue weighted by Crippen LogP contribution is 2.25. The number of benzene rings is 2. The van der Waals surface area contributed by atoms with Crippen molar-refractivity contribution in [3.63, 3.8) is 0 Å². The maximum Gasteiger partial charge on any atom is 0.248 e. The summed E-state index contributed by atoms with van der Waals surface area (Å²) >= 11 is 0. The van der Waals surface area contributed by atoms with Crippen LogP contribution < -0.4 is 5.01 Å². The van der Waals surface area contributed by atoms with Gasteiger partial charge in [0.25, 0.3) is 0 Å². The van der Waals surface area contributed by atoms with Crippen molar-refractivity contribution < 1.29 is 14.0 Å². The summed E-state index contributed by atoms with van der Waals surface area (Å²) < 4.78 is 13.1. The second kappa shape index (κ2) is 6.12. The van der Waals surface area contributed by atoms with Gasteiger partial charge in [-0.15, -0.1) is 0 Å². The molecule has 0 radical (unpaired) electrons. The molecule has 0 saturated heterocycles. The first kappa shape index (κ1) is 15.1. The predicted molar refractivity (Wildman–Crippen MR) is 86.0 cm³/mol. The molecule has 23 heavy (non-hydrogen) atoms. The molecule has 3 rings (SSSR count). The molecule has 1 aliphatic heterocycles. The molecule has 0 aromatic heterocycles. The molecule has 0 saturated carbocycles. The Hall–Kier alpha value is -2.82. The zero-order chi connectivity index (χ0) is 16.4. The minimum absolute atomic E-state index is 0.0431. The Labute approximate surface area is 133 Å². The Morgan fingerprint density at radius 2 is 1.78 bits per heavy atom. The Balaban J connectivity index is 1.99. The normalized spacial score (nSPS) is 17.8. The van der Waals surface area contributed by atoms with E-state index in [0.717, 1.165) is 17.6 Å². The number of carbonyl (C=O) groups is 2. The number of aldehydes is 1. The largest absolute Gasteiger partial charge is 0.298 e. The smallest absolute Gasteiger partial charge is 0.248 e. The van der Waals surface area contributed by atoms with Crippen LogP contribution in [0.4, 0.5) is 10.1 Å². The molecule has 0 fully saturated rings. The van der Waals surface area contributed by atoms with Gasteiger partial charge in [0.1, 0.15) is 12.1 Å². The van der Waals surface area contributed by atoms with Gasteiger partial charge in [0.05, 0.1) is 11.4 Å². The minimum atomic E-state index is -0.310. The van der Waals surface area contributed by atoms with Crippen molar-refractivity contribution >= 4 is 23.6 Å². The fraction of sp³-hybridized carbons (Fsp3) is 0.167. The molecule has 1 aliphatic rings. The molecule has 0 spiro atoms. The van der Waals surface area contributed by atoms with Crippen LogP contribution in [0.3, 0.4) is 0 Å². The minimum Gasteiger partial charge on any atom is -0.298 e. The third kappa shape index (κ3) is 3.04. The standard InChI is InChI=1S/C18H15FN2O2/c1-12-10-17(23)21(16-8-2-13(11-22)3-9-16)20-18(12)14-4-6-15(19)7-5-14/h2-9,11-12H,10H2,1H3. The summed E-state index contributed by atoms with van der Waals surface area (Å²) in [7, 11) is 0. The zero-order valence-electron chi connectivity index (χ0n) is 12.6. The molecule has 1 unspecified atom stereocenters. The number of amides is 1. The quantitative estimate of drug-likeness (QED) is 0.816. The van der Waals surface area contributed by atoms with Gasteiger partial charge in [-0.1, -0.05) is 19.1 Å². The summed E-state index contributed by atoms with van der Waals surface area (Å²) in [6.45, 7) is 1.92. The van der Waals surface area contributed by atoms with E-state index in [9.17, 15) is 14.0 Å². The van der Waals surface area contributed by atoms with Crippen LogP contribution in [0.15, 0.2) is 53.6 Å². The van der Waals surface area contributed by atoms with E-state index in [1.807, 2.05) is 6.92 Å². The molecule has 2 aromatic carbocycles. The first-order chi connectivity index (χ1) is 11.1. The Bertz CT molecular complexity index is 767. The van der Waals surface area contributed by atoms with Crippen LogP contribution in [-0.4, -0.2) is 17.9 Å². The van der Waals surface area contributed by atoms with Crippen molar-refractivity contribution in [1.29, 1.82) is 0 Å². The summed E-state index contributed by atoms with van der Waals surface area (Å²) in [5, 5.41) is 5.80. The van der Waals surface area contributed by atoms with Crippen LogP contribution in [0.5, 0.6) is 0 Å². The molecule has 0 aliphatic carbocycles. The van der Waals surface area contributed by atoms with Gasteiger partial charge in [-0.25, -0.2) is 9.40 Å². The third-order valence-corrected chi connectivity index (χ3v) is 3.81. The number of rotatable bonds is 3. The fourth-order valence-corrected chi connectivity index (χ4v) is 2.57. The maximum absolute atomic E-state index is 13.1. The molecular formula is C18H15FN2O2. The van der Waals surface area contributed by atoms with Gasteiger partial charge >= 0.3 is 0 Å². The summed E-state index contributed by atoms with van der Waals surface area (Å²) in [6.07, 6.45) is 1.07. The molecule has 116 valence electrons. The molecule has 0 N–H and O–H groups in total. The lowest BCUT2D eigenvalue weighted by Crippen LogP contribution is -2.36. The van der Waals surface area contributed by atoms with Crippen molar-refractivity contribution in [3.05, 3.63) is 65.5 Å². The molecule has 4 nitrogen and oxygen atoms in total. The van der Waals surface area contributed by atoms with Gasteiger partial charge in [-0.05, 0) is 42.0 Å². The number of hydrogen-bond donors (Lipinski definition) is 0. The van der Waals surface area contributed by atoms with Crippen molar-refractivity contribution in [2.45, 2.75) is 13.3 Å². The second-order valence-electron chi connectivity index (χ2n) is 5.51. The monoisotopic (exact) mass is 310 g/mol. The lowest BCUT2D eigenvalue weighted by molar-refractivity contribution is -0.119. The predicted octanol–water partition coefficient (Wildman–Crippen LogP) is 3.42. The Morgan fingerprint density at radius 3 is 2.39 bits per heavy atom. The molecule has 2 aromatic rings. The van der Waals surface area contributed by atoms with Crippen molar-refractivity contribution in [2.24, 2.45) is 11.0 Å². The molecule has 5 heteroatoms. The van der Waals surface area contributed by atoms with E-state index in [0.29, 0.717) is 17.7 Å².